The Morgan fingerprint density at radius 2 is 2.38 bits per heavy atom. The Morgan fingerprint density at radius 3 is 2.50 bits per heavy atom. The molecular formula is C5H12N2O. The van der Waals surface area contributed by atoms with Crippen LogP contribution in [-0.4, -0.2) is 23.0 Å². The van der Waals surface area contributed by atoms with E-state index < -0.39 is 0 Å². The van der Waals surface area contributed by atoms with E-state index in [1.165, 1.54) is 5.06 Å². The van der Waals surface area contributed by atoms with Gasteiger partial charge < -0.3 is 10.9 Å². The van der Waals surface area contributed by atoms with Crippen molar-refractivity contribution in [2.45, 2.75) is 19.5 Å². The molecule has 0 bridgehead atoms. The molecular weight excluding hydrogens is 104 g/mol. The molecule has 1 saturated heterocycles. The third kappa shape index (κ3) is 0.992. The van der Waals surface area contributed by atoms with Crippen molar-refractivity contribution < 1.29 is 5.21 Å². The van der Waals surface area contributed by atoms with Crippen molar-refractivity contribution in [3.8, 4) is 0 Å². The Morgan fingerprint density at radius 1 is 1.75 bits per heavy atom. The second kappa shape index (κ2) is 2.01. The molecule has 0 aromatic carbocycles. The van der Waals surface area contributed by atoms with Crippen LogP contribution in [-0.2, 0) is 0 Å². The number of hydrogen-bond acceptors (Lipinski definition) is 3. The average molecular weight is 116 g/mol. The van der Waals surface area contributed by atoms with Gasteiger partial charge in [0.25, 0.3) is 0 Å². The van der Waals surface area contributed by atoms with Crippen LogP contribution in [0.3, 0.4) is 0 Å². The van der Waals surface area contributed by atoms with E-state index in [0.717, 1.165) is 13.0 Å². The Bertz CT molecular complexity index is 76.5. The molecule has 2 atom stereocenters. The van der Waals surface area contributed by atoms with Crippen LogP contribution in [0.25, 0.3) is 0 Å². The Balaban J connectivity index is 2.39. The SMILES string of the molecule is CC1CC(N)N(O)C1. The molecule has 1 aliphatic heterocycles. The summed E-state index contributed by atoms with van der Waals surface area (Å²) >= 11 is 0. The van der Waals surface area contributed by atoms with Crippen molar-refractivity contribution in [2.24, 2.45) is 11.7 Å². The molecule has 3 heteroatoms. The molecule has 0 aromatic heterocycles. The lowest BCUT2D eigenvalue weighted by molar-refractivity contribution is -0.102. The standard InChI is InChI=1S/C5H12N2O/c1-4-2-5(6)7(8)3-4/h4-5,8H,2-3,6H2,1H3. The lowest BCUT2D eigenvalue weighted by Gasteiger charge is -2.09. The predicted molar refractivity (Wildman–Crippen MR) is 30.2 cm³/mol. The van der Waals surface area contributed by atoms with Gasteiger partial charge in [-0.05, 0) is 12.3 Å². The Kier molecular flexibility index (Phi) is 1.51. The summed E-state index contributed by atoms with van der Waals surface area (Å²) in [5.74, 6) is 0.551. The lowest BCUT2D eigenvalue weighted by Crippen LogP contribution is -2.33. The van der Waals surface area contributed by atoms with Crippen LogP contribution < -0.4 is 5.73 Å². The maximum Gasteiger partial charge on any atom is 0.0818 e. The Hall–Kier alpha value is -0.120. The second-order valence-corrected chi connectivity index (χ2v) is 2.53. The summed E-state index contributed by atoms with van der Waals surface area (Å²) in [6, 6.07) is 0. The molecule has 0 radical (unpaired) electrons. The maximum atomic E-state index is 8.88. The van der Waals surface area contributed by atoms with Gasteiger partial charge in [-0.3, -0.25) is 0 Å². The smallest absolute Gasteiger partial charge is 0.0818 e. The summed E-state index contributed by atoms with van der Waals surface area (Å²) < 4.78 is 0. The fourth-order valence-electron chi connectivity index (χ4n) is 1.06. The number of rotatable bonds is 0. The van der Waals surface area contributed by atoms with Gasteiger partial charge in [-0.2, -0.15) is 5.06 Å². The fraction of sp³-hybridized carbons (Fsp3) is 1.00. The number of hydroxylamine groups is 2. The van der Waals surface area contributed by atoms with E-state index >= 15 is 0 Å². The minimum absolute atomic E-state index is 0.120. The minimum Gasteiger partial charge on any atom is -0.314 e. The molecule has 0 spiro atoms. The van der Waals surface area contributed by atoms with E-state index in [9.17, 15) is 0 Å². The first-order valence-electron chi connectivity index (χ1n) is 2.91. The minimum atomic E-state index is -0.120. The molecule has 8 heavy (non-hydrogen) atoms. The molecule has 3 N–H and O–H groups in total. The van der Waals surface area contributed by atoms with Crippen molar-refractivity contribution in [3.05, 3.63) is 0 Å². The molecule has 1 aliphatic rings. The summed E-state index contributed by atoms with van der Waals surface area (Å²) in [5.41, 5.74) is 5.44. The van der Waals surface area contributed by atoms with E-state index in [0.29, 0.717) is 5.92 Å². The van der Waals surface area contributed by atoms with Gasteiger partial charge >= 0.3 is 0 Å². The van der Waals surface area contributed by atoms with Crippen LogP contribution in [0.1, 0.15) is 13.3 Å². The zero-order valence-electron chi connectivity index (χ0n) is 5.04. The van der Waals surface area contributed by atoms with Gasteiger partial charge in [0.2, 0.25) is 0 Å². The maximum absolute atomic E-state index is 8.88. The van der Waals surface area contributed by atoms with E-state index in [-0.39, 0.29) is 6.17 Å². The van der Waals surface area contributed by atoms with Gasteiger partial charge in [0.05, 0.1) is 6.17 Å². The summed E-state index contributed by atoms with van der Waals surface area (Å²) in [4.78, 5) is 0. The number of hydrogen-bond donors (Lipinski definition) is 2. The number of nitrogens with two attached hydrogens (primary N) is 1. The van der Waals surface area contributed by atoms with Gasteiger partial charge in [-0.15, -0.1) is 0 Å². The molecule has 48 valence electrons. The van der Waals surface area contributed by atoms with Crippen molar-refractivity contribution in [2.75, 3.05) is 6.54 Å². The van der Waals surface area contributed by atoms with Crippen LogP contribution in [0.2, 0.25) is 0 Å². The molecule has 2 unspecified atom stereocenters. The monoisotopic (exact) mass is 116 g/mol. The molecule has 1 fully saturated rings. The van der Waals surface area contributed by atoms with Crippen molar-refractivity contribution in [1.29, 1.82) is 0 Å². The van der Waals surface area contributed by atoms with Gasteiger partial charge in [0.15, 0.2) is 0 Å². The van der Waals surface area contributed by atoms with Gasteiger partial charge in [-0.1, -0.05) is 6.92 Å². The molecule has 0 amide bonds. The predicted octanol–water partition coefficient (Wildman–Crippen LogP) is 0.00220. The van der Waals surface area contributed by atoms with Gasteiger partial charge in [0, 0.05) is 6.54 Å². The van der Waals surface area contributed by atoms with Crippen LogP contribution in [0, 0.1) is 5.92 Å². The average Bonchev–Trinajstić information content (AvgIpc) is 1.85. The quantitative estimate of drug-likeness (QED) is 0.468. The van der Waals surface area contributed by atoms with Gasteiger partial charge in [0.1, 0.15) is 0 Å². The van der Waals surface area contributed by atoms with E-state index in [1.807, 2.05) is 0 Å². The van der Waals surface area contributed by atoms with Crippen LogP contribution in [0.5, 0.6) is 0 Å². The highest BCUT2D eigenvalue weighted by molar-refractivity contribution is 4.72. The normalized spacial score (nSPS) is 40.9. The first-order valence-corrected chi connectivity index (χ1v) is 2.91. The molecule has 0 aromatic rings. The summed E-state index contributed by atoms with van der Waals surface area (Å²) in [7, 11) is 0. The number of nitrogens with zero attached hydrogens (tertiary/aromatic N) is 1. The first kappa shape index (κ1) is 6.01. The summed E-state index contributed by atoms with van der Waals surface area (Å²) in [6.07, 6.45) is 0.793. The highest BCUT2D eigenvalue weighted by Crippen LogP contribution is 2.15. The van der Waals surface area contributed by atoms with Crippen molar-refractivity contribution >= 4 is 0 Å². The molecule has 1 rings (SSSR count). The second-order valence-electron chi connectivity index (χ2n) is 2.53. The zero-order chi connectivity index (χ0) is 6.15. The molecule has 1 heterocycles. The van der Waals surface area contributed by atoms with E-state index in [2.05, 4.69) is 6.92 Å². The Labute approximate surface area is 49.0 Å². The summed E-state index contributed by atoms with van der Waals surface area (Å²) in [6.45, 7) is 2.80. The lowest BCUT2D eigenvalue weighted by atomic mass is 10.1. The largest absolute Gasteiger partial charge is 0.314 e. The van der Waals surface area contributed by atoms with Crippen LogP contribution in [0.4, 0.5) is 0 Å². The third-order valence-electron chi connectivity index (χ3n) is 1.53. The van der Waals surface area contributed by atoms with Crippen LogP contribution in [0.15, 0.2) is 0 Å². The zero-order valence-corrected chi connectivity index (χ0v) is 5.04. The fourth-order valence-corrected chi connectivity index (χ4v) is 1.06. The molecule has 0 aliphatic carbocycles. The molecule has 0 saturated carbocycles. The van der Waals surface area contributed by atoms with Crippen LogP contribution >= 0.6 is 0 Å². The third-order valence-corrected chi connectivity index (χ3v) is 1.53. The summed E-state index contributed by atoms with van der Waals surface area (Å²) in [5, 5.41) is 10.1. The van der Waals surface area contributed by atoms with Gasteiger partial charge in [-0.25, -0.2) is 0 Å². The topological polar surface area (TPSA) is 49.5 Å². The highest BCUT2D eigenvalue weighted by Gasteiger charge is 2.24. The van der Waals surface area contributed by atoms with Crippen molar-refractivity contribution in [1.82, 2.24) is 5.06 Å². The van der Waals surface area contributed by atoms with Crippen molar-refractivity contribution in [3.63, 3.8) is 0 Å². The van der Waals surface area contributed by atoms with E-state index in [4.69, 9.17) is 10.9 Å². The molecule has 3 nitrogen and oxygen atoms in total. The first-order chi connectivity index (χ1) is 3.70. The highest BCUT2D eigenvalue weighted by atomic mass is 16.5. The van der Waals surface area contributed by atoms with E-state index in [1.54, 1.807) is 0 Å².